The summed E-state index contributed by atoms with van der Waals surface area (Å²) in [6.45, 7) is 9.41. The summed E-state index contributed by atoms with van der Waals surface area (Å²) in [5, 5.41) is 13.4. The Balaban J connectivity index is 1.73. The molecule has 0 bridgehead atoms. The number of rotatable bonds is 9. The largest absolute Gasteiger partial charge is 0.478 e. The van der Waals surface area contributed by atoms with E-state index in [1.165, 1.54) is 16.7 Å². The number of hydrogen-bond acceptors (Lipinski definition) is 2. The zero-order valence-corrected chi connectivity index (χ0v) is 18.4. The van der Waals surface area contributed by atoms with Crippen LogP contribution in [0.3, 0.4) is 0 Å². The molecule has 0 amide bonds. The highest BCUT2D eigenvalue weighted by Crippen LogP contribution is 2.24. The number of carbonyl (C=O) groups is 1. The lowest BCUT2D eigenvalue weighted by Crippen LogP contribution is -2.27. The van der Waals surface area contributed by atoms with Crippen molar-refractivity contribution in [2.45, 2.75) is 59.7 Å². The van der Waals surface area contributed by atoms with E-state index in [1.54, 1.807) is 0 Å². The summed E-state index contributed by atoms with van der Waals surface area (Å²) in [5.41, 5.74) is 6.88. The third kappa shape index (κ3) is 5.19. The van der Waals surface area contributed by atoms with E-state index >= 15 is 0 Å². The monoisotopic (exact) mass is 404 g/mol. The van der Waals surface area contributed by atoms with Crippen molar-refractivity contribution in [3.8, 4) is 0 Å². The van der Waals surface area contributed by atoms with Crippen molar-refractivity contribution >= 4 is 5.97 Å². The molecule has 2 aromatic carbocycles. The number of carboxylic acid groups (broad SMARTS) is 1. The summed E-state index contributed by atoms with van der Waals surface area (Å²) < 4.78 is 2.12. The van der Waals surface area contributed by atoms with Gasteiger partial charge in [-0.1, -0.05) is 60.2 Å². The van der Waals surface area contributed by atoms with Crippen LogP contribution in [-0.2, 0) is 19.5 Å². The Kier molecular flexibility index (Phi) is 7.11. The molecule has 0 aliphatic carbocycles. The third-order valence-electron chi connectivity index (χ3n) is 5.92. The van der Waals surface area contributed by atoms with Crippen LogP contribution < -0.4 is 5.32 Å². The van der Waals surface area contributed by atoms with Gasteiger partial charge in [0, 0.05) is 36.1 Å². The second-order valence-corrected chi connectivity index (χ2v) is 8.21. The van der Waals surface area contributed by atoms with Crippen LogP contribution in [0.5, 0.6) is 0 Å². The number of aryl methyl sites for hydroxylation is 2. The minimum absolute atomic E-state index is 0.298. The molecule has 2 N–H and O–H groups in total. The molecule has 0 aliphatic rings. The lowest BCUT2D eigenvalue weighted by atomic mass is 10.1. The average Bonchev–Trinajstić information content (AvgIpc) is 2.97. The number of aromatic carboxylic acids is 1. The first-order valence-electron chi connectivity index (χ1n) is 10.6. The highest BCUT2D eigenvalue weighted by Gasteiger charge is 2.22. The first-order chi connectivity index (χ1) is 14.4. The molecular weight excluding hydrogens is 372 g/mol. The topological polar surface area (TPSA) is 54.3 Å². The summed E-state index contributed by atoms with van der Waals surface area (Å²) in [6.07, 6.45) is 2.02. The van der Waals surface area contributed by atoms with Crippen LogP contribution >= 0.6 is 0 Å². The van der Waals surface area contributed by atoms with Gasteiger partial charge in [-0.2, -0.15) is 0 Å². The Morgan fingerprint density at radius 3 is 2.27 bits per heavy atom. The molecule has 0 spiro atoms. The zero-order valence-electron chi connectivity index (χ0n) is 18.4. The van der Waals surface area contributed by atoms with Crippen molar-refractivity contribution in [3.05, 3.63) is 93.8 Å². The van der Waals surface area contributed by atoms with E-state index < -0.39 is 5.97 Å². The molecule has 1 atom stereocenters. The molecule has 3 rings (SSSR count). The highest BCUT2D eigenvalue weighted by atomic mass is 16.4. The van der Waals surface area contributed by atoms with E-state index in [9.17, 15) is 9.90 Å². The fraction of sp³-hybridized carbons (Fsp3) is 0.346. The second-order valence-electron chi connectivity index (χ2n) is 8.21. The number of nitrogens with zero attached hydrogens (tertiary/aromatic N) is 1. The van der Waals surface area contributed by atoms with Gasteiger partial charge in [-0.05, 0) is 51.7 Å². The summed E-state index contributed by atoms with van der Waals surface area (Å²) >= 11 is 0. The van der Waals surface area contributed by atoms with Crippen LogP contribution in [0.1, 0.15) is 57.3 Å². The molecule has 1 heterocycles. The van der Waals surface area contributed by atoms with Crippen molar-refractivity contribution in [1.29, 1.82) is 0 Å². The molecule has 30 heavy (non-hydrogen) atoms. The van der Waals surface area contributed by atoms with E-state index in [1.807, 2.05) is 19.9 Å². The van der Waals surface area contributed by atoms with Crippen molar-refractivity contribution in [2.75, 3.05) is 0 Å². The summed E-state index contributed by atoms with van der Waals surface area (Å²) in [6, 6.07) is 19.2. The van der Waals surface area contributed by atoms with E-state index in [4.69, 9.17) is 0 Å². The molecule has 158 valence electrons. The SMILES string of the molecule is Cc1ccc(Cn2c(C)c(CN[C@H](C)CCc3ccccc3)c(C(=O)O)c2C)cc1. The maximum Gasteiger partial charge on any atom is 0.337 e. The molecule has 1 aromatic heterocycles. The first-order valence-corrected chi connectivity index (χ1v) is 10.6. The van der Waals surface area contributed by atoms with Crippen LogP contribution in [0.4, 0.5) is 0 Å². The Hall–Kier alpha value is -2.85. The molecular formula is C26H32N2O2. The average molecular weight is 405 g/mol. The fourth-order valence-corrected chi connectivity index (χ4v) is 3.97. The third-order valence-corrected chi connectivity index (χ3v) is 5.92. The quantitative estimate of drug-likeness (QED) is 0.511. The molecule has 4 nitrogen and oxygen atoms in total. The van der Waals surface area contributed by atoms with Gasteiger partial charge in [0.25, 0.3) is 0 Å². The Morgan fingerprint density at radius 2 is 1.63 bits per heavy atom. The Labute approximate surface area is 179 Å². The van der Waals surface area contributed by atoms with Crippen molar-refractivity contribution in [1.82, 2.24) is 9.88 Å². The number of carboxylic acids is 1. The summed E-state index contributed by atoms with van der Waals surface area (Å²) in [7, 11) is 0. The molecule has 0 unspecified atom stereocenters. The molecule has 0 saturated heterocycles. The van der Waals surface area contributed by atoms with Gasteiger partial charge in [0.05, 0.1) is 5.56 Å². The molecule has 4 heteroatoms. The van der Waals surface area contributed by atoms with E-state index in [-0.39, 0.29) is 0 Å². The maximum atomic E-state index is 12.0. The van der Waals surface area contributed by atoms with Crippen LogP contribution in [0.15, 0.2) is 54.6 Å². The van der Waals surface area contributed by atoms with Gasteiger partial charge in [0.15, 0.2) is 0 Å². The molecule has 0 fully saturated rings. The van der Waals surface area contributed by atoms with Gasteiger partial charge >= 0.3 is 5.97 Å². The number of aromatic nitrogens is 1. The van der Waals surface area contributed by atoms with Crippen LogP contribution in [0.25, 0.3) is 0 Å². The maximum absolute atomic E-state index is 12.0. The van der Waals surface area contributed by atoms with Gasteiger partial charge in [-0.3, -0.25) is 0 Å². The van der Waals surface area contributed by atoms with E-state index in [0.29, 0.717) is 24.7 Å². The highest BCUT2D eigenvalue weighted by molar-refractivity contribution is 5.91. The predicted molar refractivity (Wildman–Crippen MR) is 122 cm³/mol. The van der Waals surface area contributed by atoms with Crippen molar-refractivity contribution in [2.24, 2.45) is 0 Å². The summed E-state index contributed by atoms with van der Waals surface area (Å²) in [4.78, 5) is 12.0. The Morgan fingerprint density at radius 1 is 0.967 bits per heavy atom. The number of nitrogens with one attached hydrogen (secondary N) is 1. The minimum atomic E-state index is -0.855. The first kappa shape index (κ1) is 21.8. The van der Waals surface area contributed by atoms with Crippen molar-refractivity contribution < 1.29 is 9.90 Å². The Bertz CT molecular complexity index is 988. The molecule has 0 aliphatic heterocycles. The standard InChI is InChI=1S/C26H32N2O2/c1-18-10-13-23(14-11-18)17-28-20(3)24(25(21(28)4)26(29)30)16-27-19(2)12-15-22-8-6-5-7-9-22/h5-11,13-14,19,27H,12,15-17H2,1-4H3,(H,29,30)/t19-/m1/s1. The van der Waals surface area contributed by atoms with Crippen LogP contribution in [-0.4, -0.2) is 21.7 Å². The second kappa shape index (κ2) is 9.77. The smallest absolute Gasteiger partial charge is 0.337 e. The van der Waals surface area contributed by atoms with Gasteiger partial charge in [-0.25, -0.2) is 4.79 Å². The van der Waals surface area contributed by atoms with Gasteiger partial charge < -0.3 is 15.0 Å². The lowest BCUT2D eigenvalue weighted by molar-refractivity contribution is 0.0694. The normalized spacial score (nSPS) is 12.1. The summed E-state index contributed by atoms with van der Waals surface area (Å²) in [5.74, 6) is -0.855. The predicted octanol–water partition coefficient (Wildman–Crippen LogP) is 5.27. The number of hydrogen-bond donors (Lipinski definition) is 2. The zero-order chi connectivity index (χ0) is 21.7. The van der Waals surface area contributed by atoms with Gasteiger partial charge in [0.2, 0.25) is 0 Å². The molecule has 0 saturated carbocycles. The minimum Gasteiger partial charge on any atom is -0.478 e. The van der Waals surface area contributed by atoms with Gasteiger partial charge in [0.1, 0.15) is 0 Å². The van der Waals surface area contributed by atoms with E-state index in [0.717, 1.165) is 29.8 Å². The van der Waals surface area contributed by atoms with Gasteiger partial charge in [-0.15, -0.1) is 0 Å². The van der Waals surface area contributed by atoms with Crippen LogP contribution in [0.2, 0.25) is 0 Å². The lowest BCUT2D eigenvalue weighted by Gasteiger charge is -2.15. The van der Waals surface area contributed by atoms with Crippen LogP contribution in [0, 0.1) is 20.8 Å². The fourth-order valence-electron chi connectivity index (χ4n) is 3.97. The van der Waals surface area contributed by atoms with E-state index in [2.05, 4.69) is 72.3 Å². The number of benzene rings is 2. The van der Waals surface area contributed by atoms with Crippen molar-refractivity contribution in [3.63, 3.8) is 0 Å². The molecule has 0 radical (unpaired) electrons. The molecule has 3 aromatic rings.